The van der Waals surface area contributed by atoms with E-state index in [1.165, 1.54) is 7.11 Å². The van der Waals surface area contributed by atoms with Crippen LogP contribution in [-0.4, -0.2) is 96.4 Å². The molecule has 200 valence electrons. The smallest absolute Gasteiger partial charge is 0.409 e. The van der Waals surface area contributed by atoms with Crippen LogP contribution in [0, 0.1) is 28.6 Å². The number of piperidine rings is 2. The minimum absolute atomic E-state index is 0.00714. The largest absolute Gasteiger partial charge is 0.453 e. The third-order valence-corrected chi connectivity index (χ3v) is 10.7. The first kappa shape index (κ1) is 24.3. The fraction of sp³-hybridized carbons (Fsp3) is 0.889. The monoisotopic (exact) mass is 502 g/mol. The van der Waals surface area contributed by atoms with Crippen molar-refractivity contribution in [1.29, 1.82) is 0 Å². The minimum atomic E-state index is -0.303. The zero-order chi connectivity index (χ0) is 25.1. The molecule has 7 rings (SSSR count). The van der Waals surface area contributed by atoms with Crippen molar-refractivity contribution < 1.29 is 24.2 Å². The number of aliphatic hydroxyl groups excluding tert-OH is 1. The van der Waals surface area contributed by atoms with Crippen LogP contribution >= 0.6 is 0 Å². The van der Waals surface area contributed by atoms with E-state index in [4.69, 9.17) is 4.74 Å². The van der Waals surface area contributed by atoms with Gasteiger partial charge in [0.05, 0.1) is 18.6 Å². The molecule has 36 heavy (non-hydrogen) atoms. The second-order valence-corrected chi connectivity index (χ2v) is 12.9. The van der Waals surface area contributed by atoms with Gasteiger partial charge >= 0.3 is 12.1 Å². The number of nitrogens with zero attached hydrogens (tertiary/aromatic N) is 3. The van der Waals surface area contributed by atoms with Gasteiger partial charge in [-0.25, -0.2) is 9.59 Å². The SMILES string of the molecule is COC(=O)N1CCC2(CCN(C(=O)N3CCC[C@H](NC(=O)C45CC6CC(C4)C(O)C(C6)C5)C3)CC2)C1. The van der Waals surface area contributed by atoms with E-state index in [1.54, 1.807) is 4.90 Å². The third kappa shape index (κ3) is 4.15. The second kappa shape index (κ2) is 9.07. The van der Waals surface area contributed by atoms with Gasteiger partial charge in [0.25, 0.3) is 0 Å². The number of aliphatic hydroxyl groups is 1. The molecule has 3 heterocycles. The minimum Gasteiger partial charge on any atom is -0.453 e. The molecule has 1 spiro atoms. The summed E-state index contributed by atoms with van der Waals surface area (Å²) in [4.78, 5) is 44.5. The van der Waals surface area contributed by atoms with Crippen molar-refractivity contribution in [1.82, 2.24) is 20.0 Å². The molecular formula is C27H42N4O5. The lowest BCUT2D eigenvalue weighted by Crippen LogP contribution is -2.61. The molecular weight excluding hydrogens is 460 g/mol. The number of likely N-dealkylation sites (tertiary alicyclic amines) is 3. The molecule has 0 radical (unpaired) electrons. The first-order valence-corrected chi connectivity index (χ1v) is 14.2. The van der Waals surface area contributed by atoms with Gasteiger partial charge in [-0.1, -0.05) is 0 Å². The maximum atomic E-state index is 13.5. The number of carbonyl (C=O) groups is 3. The van der Waals surface area contributed by atoms with Crippen molar-refractivity contribution in [2.45, 2.75) is 76.4 Å². The second-order valence-electron chi connectivity index (χ2n) is 12.9. The zero-order valence-corrected chi connectivity index (χ0v) is 21.6. The molecule has 0 aromatic rings. The zero-order valence-electron chi connectivity index (χ0n) is 21.6. The molecule has 7 aliphatic rings. The molecule has 2 unspecified atom stereocenters. The van der Waals surface area contributed by atoms with Gasteiger partial charge in [-0.2, -0.15) is 0 Å². The van der Waals surface area contributed by atoms with Crippen LogP contribution in [0.1, 0.15) is 64.2 Å². The summed E-state index contributed by atoms with van der Waals surface area (Å²) < 4.78 is 4.89. The maximum Gasteiger partial charge on any atom is 0.409 e. The summed E-state index contributed by atoms with van der Waals surface area (Å²) in [5.74, 6) is 1.33. The standard InChI is InChI=1S/C27H42N4O5/c1-36-25(35)31-10-6-26(17-31)4-8-29(9-5-26)24(34)30-7-2-3-21(16-30)28-23(33)27-13-18-11-19(14-27)22(32)20(12-18)15-27/h18-22,32H,2-17H2,1H3,(H,28,33)/t18?,19?,20?,21-,22?,27?/m0/s1. The molecule has 3 aliphatic heterocycles. The van der Waals surface area contributed by atoms with Crippen LogP contribution in [0.4, 0.5) is 9.59 Å². The van der Waals surface area contributed by atoms with Crippen molar-refractivity contribution in [2.75, 3.05) is 46.4 Å². The Kier molecular flexibility index (Phi) is 6.12. The molecule has 9 nitrogen and oxygen atoms in total. The van der Waals surface area contributed by atoms with Crippen LogP contribution in [0.5, 0.6) is 0 Å². The quantitative estimate of drug-likeness (QED) is 0.604. The maximum absolute atomic E-state index is 13.5. The number of amides is 4. The Labute approximate surface area is 213 Å². The Bertz CT molecular complexity index is 887. The number of rotatable bonds is 2. The van der Waals surface area contributed by atoms with E-state index >= 15 is 0 Å². The molecule has 3 saturated heterocycles. The highest BCUT2D eigenvalue weighted by Gasteiger charge is 2.58. The van der Waals surface area contributed by atoms with E-state index in [1.807, 2.05) is 9.80 Å². The van der Waals surface area contributed by atoms with E-state index in [9.17, 15) is 19.5 Å². The highest BCUT2D eigenvalue weighted by atomic mass is 16.5. The third-order valence-electron chi connectivity index (χ3n) is 10.7. The Hall–Kier alpha value is -2.03. The fourth-order valence-corrected chi connectivity index (χ4v) is 8.88. The summed E-state index contributed by atoms with van der Waals surface area (Å²) in [5, 5.41) is 13.9. The van der Waals surface area contributed by atoms with Crippen LogP contribution in [0.2, 0.25) is 0 Å². The Balaban J connectivity index is 1.02. The van der Waals surface area contributed by atoms with Gasteiger partial charge in [0.2, 0.25) is 5.91 Å². The van der Waals surface area contributed by atoms with Gasteiger partial charge in [0.15, 0.2) is 0 Å². The summed E-state index contributed by atoms with van der Waals surface area (Å²) >= 11 is 0. The highest BCUT2D eigenvalue weighted by molar-refractivity contribution is 5.83. The van der Waals surface area contributed by atoms with Gasteiger partial charge < -0.3 is 29.9 Å². The average Bonchev–Trinajstić information content (AvgIpc) is 3.30. The topological polar surface area (TPSA) is 102 Å². The van der Waals surface area contributed by atoms with Crippen LogP contribution < -0.4 is 5.32 Å². The molecule has 9 heteroatoms. The molecule has 4 amide bonds. The highest BCUT2D eigenvalue weighted by Crippen LogP contribution is 2.60. The van der Waals surface area contributed by atoms with Gasteiger partial charge in [-0.15, -0.1) is 0 Å². The summed E-state index contributed by atoms with van der Waals surface area (Å²) in [7, 11) is 1.43. The Morgan fingerprint density at radius 3 is 2.25 bits per heavy atom. The van der Waals surface area contributed by atoms with E-state index in [-0.39, 0.29) is 52.8 Å². The average molecular weight is 503 g/mol. The lowest BCUT2D eigenvalue weighted by atomic mass is 9.48. The predicted molar refractivity (Wildman–Crippen MR) is 132 cm³/mol. The summed E-state index contributed by atoms with van der Waals surface area (Å²) in [6.45, 7) is 4.22. The van der Waals surface area contributed by atoms with Gasteiger partial charge in [0.1, 0.15) is 0 Å². The number of hydrogen-bond acceptors (Lipinski definition) is 5. The fourth-order valence-electron chi connectivity index (χ4n) is 8.88. The van der Waals surface area contributed by atoms with Crippen molar-refractivity contribution in [3.05, 3.63) is 0 Å². The van der Waals surface area contributed by atoms with E-state index in [2.05, 4.69) is 5.32 Å². The van der Waals surface area contributed by atoms with E-state index in [0.29, 0.717) is 12.5 Å². The van der Waals surface area contributed by atoms with Crippen LogP contribution in [-0.2, 0) is 9.53 Å². The van der Waals surface area contributed by atoms with Crippen molar-refractivity contribution in [3.63, 3.8) is 0 Å². The first-order chi connectivity index (χ1) is 17.3. The molecule has 2 N–H and O–H groups in total. The lowest BCUT2D eigenvalue weighted by molar-refractivity contribution is -0.163. The summed E-state index contributed by atoms with van der Waals surface area (Å²) in [6, 6.07) is 0.0947. The van der Waals surface area contributed by atoms with Gasteiger partial charge in [0, 0.05) is 45.3 Å². The first-order valence-electron chi connectivity index (χ1n) is 14.2. The van der Waals surface area contributed by atoms with Gasteiger partial charge in [-0.3, -0.25) is 4.79 Å². The normalized spacial score (nSPS) is 38.9. The number of carbonyl (C=O) groups excluding carboxylic acids is 3. The Morgan fingerprint density at radius 2 is 1.58 bits per heavy atom. The van der Waals surface area contributed by atoms with Crippen LogP contribution in [0.15, 0.2) is 0 Å². The van der Waals surface area contributed by atoms with Crippen LogP contribution in [0.3, 0.4) is 0 Å². The van der Waals surface area contributed by atoms with Crippen molar-refractivity contribution >= 4 is 18.0 Å². The van der Waals surface area contributed by atoms with Crippen molar-refractivity contribution in [3.8, 4) is 0 Å². The number of nitrogens with one attached hydrogen (secondary N) is 1. The number of hydrogen-bond donors (Lipinski definition) is 2. The number of methoxy groups -OCH3 is 1. The molecule has 4 saturated carbocycles. The molecule has 0 aromatic carbocycles. The lowest BCUT2D eigenvalue weighted by Gasteiger charge is -2.58. The molecule has 0 aromatic heterocycles. The summed E-state index contributed by atoms with van der Waals surface area (Å²) in [5.41, 5.74) is -0.197. The van der Waals surface area contributed by atoms with E-state index in [0.717, 1.165) is 96.9 Å². The molecule has 4 aliphatic carbocycles. The van der Waals surface area contributed by atoms with Gasteiger partial charge in [-0.05, 0) is 87.4 Å². The molecule has 3 atom stereocenters. The summed E-state index contributed by atoms with van der Waals surface area (Å²) in [6.07, 6.45) is 8.93. The predicted octanol–water partition coefficient (Wildman–Crippen LogP) is 2.43. The molecule has 7 fully saturated rings. The van der Waals surface area contributed by atoms with Crippen molar-refractivity contribution in [2.24, 2.45) is 28.6 Å². The molecule has 4 bridgehead atoms. The number of ether oxygens (including phenoxy) is 1. The van der Waals surface area contributed by atoms with Crippen LogP contribution in [0.25, 0.3) is 0 Å². The number of urea groups is 1. The van der Waals surface area contributed by atoms with E-state index < -0.39 is 0 Å². The Morgan fingerprint density at radius 1 is 0.917 bits per heavy atom.